The molecule has 0 saturated carbocycles. The van der Waals surface area contributed by atoms with E-state index in [1.54, 1.807) is 19.1 Å². The van der Waals surface area contributed by atoms with E-state index in [1.165, 1.54) is 12.1 Å². The number of pyridine rings is 1. The Morgan fingerprint density at radius 1 is 1.14 bits per heavy atom. The quantitative estimate of drug-likeness (QED) is 0.910. The summed E-state index contributed by atoms with van der Waals surface area (Å²) in [5.74, 6) is -0.541. The standard InChI is InChI=1S/C15H13F3N2O/c1-9-6-10(2)19-13(7-9)14(21)20-12-5-3-4-11(8-12)15(16,17)18/h3-8H,1-2H3,(H,20,21). The number of benzene rings is 1. The number of anilines is 1. The van der Waals surface area contributed by atoms with Gasteiger partial charge in [0, 0.05) is 11.4 Å². The number of carbonyl (C=O) groups is 1. The number of aromatic nitrogens is 1. The molecule has 0 bridgehead atoms. The van der Waals surface area contributed by atoms with E-state index in [1.807, 2.05) is 6.92 Å². The summed E-state index contributed by atoms with van der Waals surface area (Å²) < 4.78 is 37.8. The van der Waals surface area contributed by atoms with E-state index in [0.29, 0.717) is 5.69 Å². The van der Waals surface area contributed by atoms with Crippen molar-refractivity contribution < 1.29 is 18.0 Å². The van der Waals surface area contributed by atoms with Crippen LogP contribution in [0, 0.1) is 13.8 Å². The lowest BCUT2D eigenvalue weighted by atomic mass is 10.2. The first-order valence-corrected chi connectivity index (χ1v) is 6.19. The second-order valence-corrected chi connectivity index (χ2v) is 4.70. The monoisotopic (exact) mass is 294 g/mol. The number of halogens is 3. The van der Waals surface area contributed by atoms with Crippen molar-refractivity contribution >= 4 is 11.6 Å². The van der Waals surface area contributed by atoms with E-state index < -0.39 is 17.6 Å². The molecular weight excluding hydrogens is 281 g/mol. The summed E-state index contributed by atoms with van der Waals surface area (Å²) in [4.78, 5) is 16.1. The summed E-state index contributed by atoms with van der Waals surface area (Å²) in [6, 6.07) is 7.87. The van der Waals surface area contributed by atoms with Crippen LogP contribution in [-0.4, -0.2) is 10.9 Å². The largest absolute Gasteiger partial charge is 0.416 e. The van der Waals surface area contributed by atoms with E-state index in [2.05, 4.69) is 10.3 Å². The number of alkyl halides is 3. The molecule has 3 nitrogen and oxygen atoms in total. The Morgan fingerprint density at radius 2 is 1.86 bits per heavy atom. The van der Waals surface area contributed by atoms with Gasteiger partial charge in [-0.05, 0) is 49.7 Å². The van der Waals surface area contributed by atoms with Crippen molar-refractivity contribution in [2.24, 2.45) is 0 Å². The molecule has 110 valence electrons. The van der Waals surface area contributed by atoms with Crippen molar-refractivity contribution in [2.45, 2.75) is 20.0 Å². The van der Waals surface area contributed by atoms with Gasteiger partial charge in [0.2, 0.25) is 0 Å². The van der Waals surface area contributed by atoms with E-state index in [4.69, 9.17) is 0 Å². The zero-order valence-electron chi connectivity index (χ0n) is 11.5. The summed E-state index contributed by atoms with van der Waals surface area (Å²) in [5, 5.41) is 2.42. The van der Waals surface area contributed by atoms with Crippen LogP contribution in [0.15, 0.2) is 36.4 Å². The van der Waals surface area contributed by atoms with Crippen LogP contribution in [0.4, 0.5) is 18.9 Å². The molecule has 2 aromatic rings. The first-order chi connectivity index (χ1) is 9.75. The van der Waals surface area contributed by atoms with Crippen LogP contribution in [0.2, 0.25) is 0 Å². The van der Waals surface area contributed by atoms with Gasteiger partial charge in [-0.1, -0.05) is 6.07 Å². The predicted octanol–water partition coefficient (Wildman–Crippen LogP) is 3.97. The van der Waals surface area contributed by atoms with Gasteiger partial charge in [-0.3, -0.25) is 4.79 Å². The van der Waals surface area contributed by atoms with Crippen molar-refractivity contribution in [1.29, 1.82) is 0 Å². The number of aryl methyl sites for hydroxylation is 2. The molecule has 0 saturated heterocycles. The summed E-state index contributed by atoms with van der Waals surface area (Å²) in [5.41, 5.74) is 0.968. The van der Waals surface area contributed by atoms with Gasteiger partial charge in [0.15, 0.2) is 0 Å². The summed E-state index contributed by atoms with van der Waals surface area (Å²) in [6.07, 6.45) is -4.45. The van der Waals surface area contributed by atoms with Crippen molar-refractivity contribution in [3.05, 3.63) is 58.9 Å². The van der Waals surface area contributed by atoms with Crippen LogP contribution >= 0.6 is 0 Å². The highest BCUT2D eigenvalue weighted by Crippen LogP contribution is 2.30. The maximum atomic E-state index is 12.6. The van der Waals surface area contributed by atoms with Gasteiger partial charge in [-0.2, -0.15) is 13.2 Å². The first kappa shape index (κ1) is 15.0. The molecule has 21 heavy (non-hydrogen) atoms. The maximum Gasteiger partial charge on any atom is 0.416 e. The van der Waals surface area contributed by atoms with E-state index in [-0.39, 0.29) is 11.4 Å². The number of hydrogen-bond donors (Lipinski definition) is 1. The summed E-state index contributed by atoms with van der Waals surface area (Å²) in [6.45, 7) is 3.56. The average Bonchev–Trinajstić information content (AvgIpc) is 2.37. The van der Waals surface area contributed by atoms with Crippen LogP contribution in [0.3, 0.4) is 0 Å². The minimum Gasteiger partial charge on any atom is -0.321 e. The minimum atomic E-state index is -4.45. The SMILES string of the molecule is Cc1cc(C)nc(C(=O)Nc2cccc(C(F)(F)F)c2)c1. The zero-order chi connectivity index (χ0) is 15.6. The molecule has 0 spiro atoms. The first-order valence-electron chi connectivity index (χ1n) is 6.19. The van der Waals surface area contributed by atoms with Gasteiger partial charge in [-0.15, -0.1) is 0 Å². The molecule has 6 heteroatoms. The third-order valence-electron chi connectivity index (χ3n) is 2.78. The highest BCUT2D eigenvalue weighted by atomic mass is 19.4. The molecule has 2 rings (SSSR count). The molecule has 0 unspecified atom stereocenters. The van der Waals surface area contributed by atoms with Crippen molar-refractivity contribution in [1.82, 2.24) is 4.98 Å². The fraction of sp³-hybridized carbons (Fsp3) is 0.200. The van der Waals surface area contributed by atoms with E-state index in [0.717, 1.165) is 17.7 Å². The number of rotatable bonds is 2. The molecule has 0 fully saturated rings. The van der Waals surface area contributed by atoms with Gasteiger partial charge in [0.25, 0.3) is 5.91 Å². The molecule has 1 N–H and O–H groups in total. The van der Waals surface area contributed by atoms with Crippen molar-refractivity contribution in [3.8, 4) is 0 Å². The van der Waals surface area contributed by atoms with E-state index >= 15 is 0 Å². The van der Waals surface area contributed by atoms with Crippen LogP contribution in [0.25, 0.3) is 0 Å². The predicted molar refractivity (Wildman–Crippen MR) is 73.1 cm³/mol. The highest BCUT2D eigenvalue weighted by Gasteiger charge is 2.30. The molecule has 1 aromatic heterocycles. The molecule has 0 aliphatic carbocycles. The average molecular weight is 294 g/mol. The van der Waals surface area contributed by atoms with Crippen LogP contribution in [0.5, 0.6) is 0 Å². The van der Waals surface area contributed by atoms with Crippen LogP contribution in [-0.2, 0) is 6.18 Å². The van der Waals surface area contributed by atoms with Gasteiger partial charge in [-0.25, -0.2) is 4.98 Å². The Bertz CT molecular complexity index is 661. The zero-order valence-corrected chi connectivity index (χ0v) is 11.5. The van der Waals surface area contributed by atoms with Crippen molar-refractivity contribution in [3.63, 3.8) is 0 Å². The lowest BCUT2D eigenvalue weighted by Crippen LogP contribution is -2.15. The molecule has 1 aromatic carbocycles. The fourth-order valence-corrected chi connectivity index (χ4v) is 1.93. The smallest absolute Gasteiger partial charge is 0.321 e. The van der Waals surface area contributed by atoms with Gasteiger partial charge in [0.05, 0.1) is 5.56 Å². The Balaban J connectivity index is 2.23. The molecular formula is C15H13F3N2O. The second-order valence-electron chi connectivity index (χ2n) is 4.70. The number of carbonyl (C=O) groups excluding carboxylic acids is 1. The third kappa shape index (κ3) is 3.81. The Hall–Kier alpha value is -2.37. The Labute approximate surface area is 119 Å². The minimum absolute atomic E-state index is 0.0794. The Morgan fingerprint density at radius 3 is 2.48 bits per heavy atom. The maximum absolute atomic E-state index is 12.6. The van der Waals surface area contributed by atoms with Gasteiger partial charge in [0.1, 0.15) is 5.69 Å². The lowest BCUT2D eigenvalue weighted by Gasteiger charge is -2.10. The molecule has 1 heterocycles. The molecule has 0 aliphatic rings. The third-order valence-corrected chi connectivity index (χ3v) is 2.78. The molecule has 0 atom stereocenters. The number of hydrogen-bond acceptors (Lipinski definition) is 2. The number of amides is 1. The normalized spacial score (nSPS) is 11.3. The topological polar surface area (TPSA) is 42.0 Å². The number of nitrogens with one attached hydrogen (secondary N) is 1. The second kappa shape index (κ2) is 5.55. The Kier molecular flexibility index (Phi) is 3.97. The molecule has 0 aliphatic heterocycles. The van der Waals surface area contributed by atoms with Crippen LogP contribution in [0.1, 0.15) is 27.3 Å². The number of nitrogens with zero attached hydrogens (tertiary/aromatic N) is 1. The summed E-state index contributed by atoms with van der Waals surface area (Å²) in [7, 11) is 0. The highest BCUT2D eigenvalue weighted by molar-refractivity contribution is 6.03. The lowest BCUT2D eigenvalue weighted by molar-refractivity contribution is -0.137. The van der Waals surface area contributed by atoms with Crippen LogP contribution < -0.4 is 5.32 Å². The molecule has 1 amide bonds. The van der Waals surface area contributed by atoms with Gasteiger partial charge >= 0.3 is 6.18 Å². The van der Waals surface area contributed by atoms with E-state index in [9.17, 15) is 18.0 Å². The fourth-order valence-electron chi connectivity index (χ4n) is 1.93. The summed E-state index contributed by atoms with van der Waals surface area (Å²) >= 11 is 0. The van der Waals surface area contributed by atoms with Crippen molar-refractivity contribution in [2.75, 3.05) is 5.32 Å². The van der Waals surface area contributed by atoms with Gasteiger partial charge < -0.3 is 5.32 Å². The molecule has 0 radical (unpaired) electrons.